The number of nitrogens with one attached hydrogen (secondary N) is 1. The molecule has 142 valence electrons. The second-order valence-electron chi connectivity index (χ2n) is 5.91. The van der Waals surface area contributed by atoms with Crippen LogP contribution < -0.4 is 4.72 Å². The van der Waals surface area contributed by atoms with Crippen molar-refractivity contribution in [2.45, 2.75) is 13.0 Å². The highest BCUT2D eigenvalue weighted by Crippen LogP contribution is 2.07. The lowest BCUT2D eigenvalue weighted by Crippen LogP contribution is -2.38. The van der Waals surface area contributed by atoms with Gasteiger partial charge in [0.25, 0.3) is 0 Å². The second-order valence-corrected chi connectivity index (χ2v) is 9.82. The van der Waals surface area contributed by atoms with Gasteiger partial charge in [-0.1, -0.05) is 36.4 Å². The first kappa shape index (κ1) is 20.5. The minimum absolute atomic E-state index is 0.0183. The van der Waals surface area contributed by atoms with Gasteiger partial charge in [0.15, 0.2) is 0 Å². The largest absolute Gasteiger partial charge is 0.264 e. The van der Waals surface area contributed by atoms with Crippen molar-refractivity contribution in [2.75, 3.05) is 25.1 Å². The van der Waals surface area contributed by atoms with E-state index in [9.17, 15) is 16.8 Å². The number of aromatic nitrogens is 1. The third-order valence-corrected chi connectivity index (χ3v) is 6.37. The standard InChI is InChI=1S/C17H23N3O4S2/c1-25(21,22)20(15-17-8-5-10-18-14-17)12-11-19-26(23,24)13-9-16-6-3-2-4-7-16/h2-8,10,14,19H,9,11-13,15H2,1H3. The van der Waals surface area contributed by atoms with E-state index >= 15 is 0 Å². The van der Waals surface area contributed by atoms with E-state index in [2.05, 4.69) is 9.71 Å². The zero-order valence-corrected chi connectivity index (χ0v) is 16.2. The Kier molecular flexibility index (Phi) is 7.27. The third kappa shape index (κ3) is 7.20. The smallest absolute Gasteiger partial charge is 0.211 e. The van der Waals surface area contributed by atoms with E-state index in [-0.39, 0.29) is 25.4 Å². The molecule has 0 saturated heterocycles. The molecule has 0 spiro atoms. The molecule has 0 fully saturated rings. The lowest BCUT2D eigenvalue weighted by molar-refractivity contribution is 0.412. The molecule has 0 amide bonds. The van der Waals surface area contributed by atoms with Crippen LogP contribution in [0.2, 0.25) is 0 Å². The molecular formula is C17H23N3O4S2. The van der Waals surface area contributed by atoms with Crippen LogP contribution >= 0.6 is 0 Å². The molecule has 1 heterocycles. The van der Waals surface area contributed by atoms with E-state index in [0.717, 1.165) is 17.4 Å². The molecule has 2 rings (SSSR count). The van der Waals surface area contributed by atoms with Crippen LogP contribution in [0.1, 0.15) is 11.1 Å². The fourth-order valence-electron chi connectivity index (χ4n) is 2.35. The van der Waals surface area contributed by atoms with E-state index in [1.165, 1.54) is 4.31 Å². The van der Waals surface area contributed by atoms with Gasteiger partial charge in [0.05, 0.1) is 12.0 Å². The maximum Gasteiger partial charge on any atom is 0.211 e. The summed E-state index contributed by atoms with van der Waals surface area (Å²) in [5.41, 5.74) is 1.68. The van der Waals surface area contributed by atoms with Crippen LogP contribution in [0.4, 0.5) is 0 Å². The molecule has 1 aromatic heterocycles. The molecule has 0 atom stereocenters. The van der Waals surface area contributed by atoms with Crippen molar-refractivity contribution in [1.82, 2.24) is 14.0 Å². The van der Waals surface area contributed by atoms with Gasteiger partial charge < -0.3 is 0 Å². The van der Waals surface area contributed by atoms with Gasteiger partial charge in [-0.25, -0.2) is 21.6 Å². The summed E-state index contributed by atoms with van der Waals surface area (Å²) in [4.78, 5) is 3.96. The predicted octanol–water partition coefficient (Wildman–Crippen LogP) is 1.01. The number of hydrogen-bond acceptors (Lipinski definition) is 5. The summed E-state index contributed by atoms with van der Waals surface area (Å²) < 4.78 is 51.8. The van der Waals surface area contributed by atoms with Crippen molar-refractivity contribution >= 4 is 20.0 Å². The summed E-state index contributed by atoms with van der Waals surface area (Å²) in [6, 6.07) is 12.8. The summed E-state index contributed by atoms with van der Waals surface area (Å²) >= 11 is 0. The van der Waals surface area contributed by atoms with E-state index < -0.39 is 20.0 Å². The molecule has 0 aliphatic heterocycles. The highest BCUT2D eigenvalue weighted by atomic mass is 32.2. The van der Waals surface area contributed by atoms with Crippen molar-refractivity contribution in [3.8, 4) is 0 Å². The van der Waals surface area contributed by atoms with Crippen LogP contribution in [0.25, 0.3) is 0 Å². The van der Waals surface area contributed by atoms with Gasteiger partial charge in [0.2, 0.25) is 20.0 Å². The SMILES string of the molecule is CS(=O)(=O)N(CCNS(=O)(=O)CCc1ccccc1)Cc1cccnc1. The van der Waals surface area contributed by atoms with Gasteiger partial charge in [-0.3, -0.25) is 4.98 Å². The quantitative estimate of drug-likeness (QED) is 0.645. The van der Waals surface area contributed by atoms with Gasteiger partial charge in [0.1, 0.15) is 0 Å². The molecule has 0 saturated carbocycles. The average Bonchev–Trinajstić information content (AvgIpc) is 2.60. The molecule has 0 bridgehead atoms. The number of nitrogens with zero attached hydrogens (tertiary/aromatic N) is 2. The molecular weight excluding hydrogens is 374 g/mol. The lowest BCUT2D eigenvalue weighted by Gasteiger charge is -2.20. The Morgan fingerprint density at radius 1 is 1.00 bits per heavy atom. The molecule has 0 aliphatic rings. The number of benzene rings is 1. The van der Waals surface area contributed by atoms with Crippen LogP contribution in [-0.4, -0.2) is 51.2 Å². The van der Waals surface area contributed by atoms with Crippen LogP contribution in [0, 0.1) is 0 Å². The Morgan fingerprint density at radius 2 is 1.69 bits per heavy atom. The Bertz CT molecular complexity index is 886. The summed E-state index contributed by atoms with van der Waals surface area (Å²) in [6.07, 6.45) is 4.70. The van der Waals surface area contributed by atoms with Crippen LogP contribution in [0.5, 0.6) is 0 Å². The van der Waals surface area contributed by atoms with Crippen LogP contribution in [0.15, 0.2) is 54.9 Å². The summed E-state index contributed by atoms with van der Waals surface area (Å²) in [5, 5.41) is 0. The average molecular weight is 398 g/mol. The molecule has 0 aliphatic carbocycles. The molecule has 1 N–H and O–H groups in total. The first-order chi connectivity index (χ1) is 12.3. The van der Waals surface area contributed by atoms with E-state index in [1.807, 2.05) is 30.3 Å². The Labute approximate surface area is 155 Å². The van der Waals surface area contributed by atoms with Gasteiger partial charge in [-0.05, 0) is 23.6 Å². The number of pyridine rings is 1. The summed E-state index contributed by atoms with van der Waals surface area (Å²) in [5.74, 6) is -0.0432. The number of hydrogen-bond donors (Lipinski definition) is 1. The maximum absolute atomic E-state index is 12.1. The molecule has 7 nitrogen and oxygen atoms in total. The summed E-state index contributed by atoms with van der Waals surface area (Å²) in [7, 11) is -6.94. The first-order valence-electron chi connectivity index (χ1n) is 8.11. The topological polar surface area (TPSA) is 96.4 Å². The van der Waals surface area contributed by atoms with Crippen LogP contribution in [-0.2, 0) is 33.0 Å². The van der Waals surface area contributed by atoms with Crippen molar-refractivity contribution in [3.63, 3.8) is 0 Å². The number of rotatable bonds is 10. The minimum Gasteiger partial charge on any atom is -0.264 e. The highest BCUT2D eigenvalue weighted by molar-refractivity contribution is 7.89. The van der Waals surface area contributed by atoms with E-state index in [4.69, 9.17) is 0 Å². The molecule has 0 unspecified atom stereocenters. The van der Waals surface area contributed by atoms with E-state index in [1.54, 1.807) is 24.5 Å². The Balaban J connectivity index is 1.88. The Morgan fingerprint density at radius 3 is 2.31 bits per heavy atom. The number of aryl methyl sites for hydroxylation is 1. The zero-order valence-electron chi connectivity index (χ0n) is 14.6. The molecule has 1 aromatic carbocycles. The van der Waals surface area contributed by atoms with Crippen molar-refractivity contribution in [2.24, 2.45) is 0 Å². The molecule has 2 aromatic rings. The van der Waals surface area contributed by atoms with Gasteiger partial charge in [-0.15, -0.1) is 0 Å². The molecule has 9 heteroatoms. The fourth-order valence-corrected chi connectivity index (χ4v) is 4.21. The summed E-state index contributed by atoms with van der Waals surface area (Å²) in [6.45, 7) is 0.223. The lowest BCUT2D eigenvalue weighted by atomic mass is 10.2. The van der Waals surface area contributed by atoms with Gasteiger partial charge >= 0.3 is 0 Å². The molecule has 0 radical (unpaired) electrons. The first-order valence-corrected chi connectivity index (χ1v) is 11.6. The Hall–Kier alpha value is -1.81. The normalized spacial score (nSPS) is 12.4. The van der Waals surface area contributed by atoms with Crippen molar-refractivity contribution in [1.29, 1.82) is 0 Å². The van der Waals surface area contributed by atoms with Crippen molar-refractivity contribution in [3.05, 3.63) is 66.0 Å². The predicted molar refractivity (Wildman–Crippen MR) is 101 cm³/mol. The van der Waals surface area contributed by atoms with Crippen LogP contribution in [0.3, 0.4) is 0 Å². The van der Waals surface area contributed by atoms with Crippen molar-refractivity contribution < 1.29 is 16.8 Å². The van der Waals surface area contributed by atoms with Gasteiger partial charge in [0, 0.05) is 32.0 Å². The maximum atomic E-state index is 12.1. The second kappa shape index (κ2) is 9.22. The van der Waals surface area contributed by atoms with E-state index in [0.29, 0.717) is 6.42 Å². The molecule has 26 heavy (non-hydrogen) atoms. The zero-order chi connectivity index (χ0) is 19.0. The monoisotopic (exact) mass is 397 g/mol. The highest BCUT2D eigenvalue weighted by Gasteiger charge is 2.18. The third-order valence-electron chi connectivity index (χ3n) is 3.74. The minimum atomic E-state index is -3.48. The van der Waals surface area contributed by atoms with Gasteiger partial charge in [-0.2, -0.15) is 4.31 Å². The fraction of sp³-hybridized carbons (Fsp3) is 0.353. The number of sulfonamides is 2.